The molecule has 1 saturated heterocycles. The van der Waals surface area contributed by atoms with Gasteiger partial charge in [0.15, 0.2) is 0 Å². The van der Waals surface area contributed by atoms with Gasteiger partial charge in [-0.1, -0.05) is 40.2 Å². The van der Waals surface area contributed by atoms with Gasteiger partial charge in [0, 0.05) is 16.9 Å². The Morgan fingerprint density at radius 1 is 1.09 bits per heavy atom. The van der Waals surface area contributed by atoms with Gasteiger partial charge in [0.1, 0.15) is 5.75 Å². The van der Waals surface area contributed by atoms with Crippen LogP contribution in [-0.2, 0) is 11.3 Å². The van der Waals surface area contributed by atoms with E-state index >= 15 is 0 Å². The maximum absolute atomic E-state index is 6.22. The zero-order valence-electron chi connectivity index (χ0n) is 13.3. The van der Waals surface area contributed by atoms with Crippen LogP contribution in [0.15, 0.2) is 53.0 Å². The highest BCUT2D eigenvalue weighted by Crippen LogP contribution is 2.29. The van der Waals surface area contributed by atoms with E-state index in [1.54, 1.807) is 7.11 Å². The number of halogens is 1. The molecule has 1 fully saturated rings. The largest absolute Gasteiger partial charge is 0.497 e. The highest BCUT2D eigenvalue weighted by atomic mass is 79.9. The molecule has 3 nitrogen and oxygen atoms in total. The first-order valence-corrected chi connectivity index (χ1v) is 8.76. The summed E-state index contributed by atoms with van der Waals surface area (Å²) in [5.74, 6) is 1.32. The van der Waals surface area contributed by atoms with Crippen molar-refractivity contribution in [3.05, 3.63) is 64.1 Å². The molecule has 3 rings (SSSR count). The second-order valence-corrected chi connectivity index (χ2v) is 6.76. The Morgan fingerprint density at radius 2 is 1.83 bits per heavy atom. The van der Waals surface area contributed by atoms with Crippen LogP contribution in [-0.4, -0.2) is 26.3 Å². The van der Waals surface area contributed by atoms with Crippen LogP contribution in [0, 0.1) is 0 Å². The summed E-state index contributed by atoms with van der Waals surface area (Å²) in [6.07, 6.45) is 1.31. The molecule has 0 aromatic heterocycles. The number of benzene rings is 2. The fraction of sp³-hybridized carbons (Fsp3) is 0.368. The molecular formula is C19H22BrNO2. The van der Waals surface area contributed by atoms with Crippen molar-refractivity contribution in [2.75, 3.05) is 20.2 Å². The summed E-state index contributed by atoms with van der Waals surface area (Å²) < 4.78 is 12.5. The maximum atomic E-state index is 6.22. The van der Waals surface area contributed by atoms with E-state index in [4.69, 9.17) is 9.47 Å². The number of piperidine rings is 1. The summed E-state index contributed by atoms with van der Waals surface area (Å²) in [5, 5.41) is 3.45. The van der Waals surface area contributed by atoms with Gasteiger partial charge in [0.25, 0.3) is 0 Å². The number of rotatable bonds is 5. The first-order valence-electron chi connectivity index (χ1n) is 7.97. The molecule has 0 amide bonds. The smallest absolute Gasteiger partial charge is 0.118 e. The highest BCUT2D eigenvalue weighted by Gasteiger charge is 2.27. The van der Waals surface area contributed by atoms with Gasteiger partial charge in [0.2, 0.25) is 0 Å². The van der Waals surface area contributed by atoms with Gasteiger partial charge >= 0.3 is 0 Å². The van der Waals surface area contributed by atoms with Gasteiger partial charge in [-0.25, -0.2) is 0 Å². The zero-order valence-corrected chi connectivity index (χ0v) is 14.9. The average Bonchev–Trinajstić information content (AvgIpc) is 2.61. The third kappa shape index (κ3) is 4.34. The Balaban J connectivity index is 1.65. The molecule has 122 valence electrons. The van der Waals surface area contributed by atoms with Crippen molar-refractivity contribution in [3.63, 3.8) is 0 Å². The topological polar surface area (TPSA) is 30.5 Å². The Hall–Kier alpha value is -1.36. The predicted molar refractivity (Wildman–Crippen MR) is 95.9 cm³/mol. The average molecular weight is 376 g/mol. The number of hydrogen-bond acceptors (Lipinski definition) is 3. The number of hydrogen-bond donors (Lipinski definition) is 1. The molecule has 1 aliphatic rings. The van der Waals surface area contributed by atoms with Crippen LogP contribution in [0.4, 0.5) is 0 Å². The highest BCUT2D eigenvalue weighted by molar-refractivity contribution is 9.10. The molecule has 4 heteroatoms. The van der Waals surface area contributed by atoms with E-state index in [1.807, 2.05) is 12.1 Å². The van der Waals surface area contributed by atoms with E-state index in [1.165, 1.54) is 11.1 Å². The lowest BCUT2D eigenvalue weighted by Crippen LogP contribution is -2.40. The van der Waals surface area contributed by atoms with Crippen molar-refractivity contribution in [2.24, 2.45) is 0 Å². The van der Waals surface area contributed by atoms with Gasteiger partial charge < -0.3 is 14.8 Å². The third-order valence-corrected chi connectivity index (χ3v) is 4.88. The van der Waals surface area contributed by atoms with Crippen LogP contribution in [0.5, 0.6) is 5.75 Å². The van der Waals surface area contributed by atoms with Gasteiger partial charge in [-0.05, 0) is 48.4 Å². The zero-order chi connectivity index (χ0) is 16.1. The van der Waals surface area contributed by atoms with Crippen LogP contribution in [0.1, 0.15) is 23.5 Å². The van der Waals surface area contributed by atoms with Gasteiger partial charge in [-0.3, -0.25) is 0 Å². The molecule has 1 aliphatic heterocycles. The van der Waals surface area contributed by atoms with Crippen LogP contribution in [0.25, 0.3) is 0 Å². The van der Waals surface area contributed by atoms with Gasteiger partial charge in [0.05, 0.1) is 19.8 Å². The summed E-state index contributed by atoms with van der Waals surface area (Å²) in [4.78, 5) is 0. The molecule has 0 bridgehead atoms. The number of methoxy groups -OCH3 is 1. The van der Waals surface area contributed by atoms with Crippen LogP contribution in [0.2, 0.25) is 0 Å². The monoisotopic (exact) mass is 375 g/mol. The van der Waals surface area contributed by atoms with Crippen LogP contribution in [0.3, 0.4) is 0 Å². The Kier molecular flexibility index (Phi) is 5.70. The summed E-state index contributed by atoms with van der Waals surface area (Å²) in [6, 6.07) is 16.7. The van der Waals surface area contributed by atoms with Crippen LogP contribution >= 0.6 is 15.9 Å². The van der Waals surface area contributed by atoms with Crippen molar-refractivity contribution in [3.8, 4) is 5.75 Å². The van der Waals surface area contributed by atoms with Crippen molar-refractivity contribution in [2.45, 2.75) is 25.0 Å². The quantitative estimate of drug-likeness (QED) is 0.852. The minimum atomic E-state index is 0.201. The molecule has 2 aromatic carbocycles. The molecule has 2 atom stereocenters. The normalized spacial score (nSPS) is 21.1. The lowest BCUT2D eigenvalue weighted by atomic mass is 9.88. The maximum Gasteiger partial charge on any atom is 0.118 e. The third-order valence-electron chi connectivity index (χ3n) is 4.35. The Labute approximate surface area is 146 Å². The van der Waals surface area contributed by atoms with Gasteiger partial charge in [-0.15, -0.1) is 0 Å². The molecule has 0 saturated carbocycles. The first-order chi connectivity index (χ1) is 11.3. The summed E-state index contributed by atoms with van der Waals surface area (Å²) >= 11 is 3.50. The standard InChI is InChI=1S/C19H22BrNO2/c1-22-17-8-2-14(3-9-17)13-23-19-12-21-11-10-18(19)15-4-6-16(20)7-5-15/h2-9,18-19,21H,10-13H2,1H3. The first kappa shape index (κ1) is 16.5. The van der Waals surface area contributed by atoms with Crippen molar-refractivity contribution < 1.29 is 9.47 Å². The second kappa shape index (κ2) is 7.95. The summed E-state index contributed by atoms with van der Waals surface area (Å²) in [6.45, 7) is 2.57. The van der Waals surface area contributed by atoms with E-state index in [-0.39, 0.29) is 6.10 Å². The van der Waals surface area contributed by atoms with Crippen LogP contribution < -0.4 is 10.1 Å². The minimum Gasteiger partial charge on any atom is -0.497 e. The molecule has 0 radical (unpaired) electrons. The van der Waals surface area contributed by atoms with E-state index in [0.29, 0.717) is 12.5 Å². The SMILES string of the molecule is COc1ccc(COC2CNCCC2c2ccc(Br)cc2)cc1. The molecular weight excluding hydrogens is 354 g/mol. The van der Waals surface area contributed by atoms with Crippen molar-refractivity contribution in [1.29, 1.82) is 0 Å². The number of nitrogens with one attached hydrogen (secondary N) is 1. The van der Waals surface area contributed by atoms with E-state index < -0.39 is 0 Å². The van der Waals surface area contributed by atoms with Crippen molar-refractivity contribution in [1.82, 2.24) is 5.32 Å². The molecule has 23 heavy (non-hydrogen) atoms. The van der Waals surface area contributed by atoms with Gasteiger partial charge in [-0.2, -0.15) is 0 Å². The molecule has 2 aromatic rings. The van der Waals surface area contributed by atoms with E-state index in [9.17, 15) is 0 Å². The van der Waals surface area contributed by atoms with E-state index in [0.717, 1.165) is 29.7 Å². The Bertz CT molecular complexity index is 612. The molecule has 2 unspecified atom stereocenters. The minimum absolute atomic E-state index is 0.201. The fourth-order valence-electron chi connectivity index (χ4n) is 3.02. The second-order valence-electron chi connectivity index (χ2n) is 5.85. The lowest BCUT2D eigenvalue weighted by molar-refractivity contribution is 0.0106. The summed E-state index contributed by atoms with van der Waals surface area (Å²) in [5.41, 5.74) is 2.53. The fourth-order valence-corrected chi connectivity index (χ4v) is 3.29. The number of ether oxygens (including phenoxy) is 2. The molecule has 1 heterocycles. The molecule has 1 N–H and O–H groups in total. The lowest BCUT2D eigenvalue weighted by Gasteiger charge is -2.32. The van der Waals surface area contributed by atoms with Crippen molar-refractivity contribution >= 4 is 15.9 Å². The summed E-state index contributed by atoms with van der Waals surface area (Å²) in [7, 11) is 1.68. The van der Waals surface area contributed by atoms with E-state index in [2.05, 4.69) is 57.6 Å². The molecule has 0 aliphatic carbocycles. The predicted octanol–water partition coefficient (Wildman–Crippen LogP) is 4.12. The molecule has 0 spiro atoms. The Morgan fingerprint density at radius 3 is 2.52 bits per heavy atom.